The highest BCUT2D eigenvalue weighted by Gasteiger charge is 2.57. The lowest BCUT2D eigenvalue weighted by Crippen LogP contribution is -2.61. The lowest BCUT2D eigenvalue weighted by atomic mass is 9.68. The van der Waals surface area contributed by atoms with Crippen LogP contribution >= 0.6 is 11.6 Å². The zero-order chi connectivity index (χ0) is 24.6. The molecule has 1 amide bonds. The average Bonchev–Trinajstić information content (AvgIpc) is 3.25. The molecule has 0 unspecified atom stereocenters. The third kappa shape index (κ3) is 4.47. The Labute approximate surface area is 209 Å². The average molecular weight is 500 g/mol. The van der Waals surface area contributed by atoms with Gasteiger partial charge >= 0.3 is 5.97 Å². The van der Waals surface area contributed by atoms with Crippen molar-refractivity contribution in [3.63, 3.8) is 0 Å². The Hall–Kier alpha value is -2.77. The number of fused-ring (bicyclic) bond motifs is 3. The van der Waals surface area contributed by atoms with Crippen molar-refractivity contribution in [1.29, 1.82) is 0 Å². The molecule has 0 aromatic heterocycles. The SMILES string of the molecule is C[C@@]1(CCC(=O)O)Oc2ccccc2[C@@H]2OC[C@]3(CCCN3C(=O)COc3ccccc3Cl)C[C@H]21. The summed E-state index contributed by atoms with van der Waals surface area (Å²) in [6, 6.07) is 14.9. The third-order valence-electron chi connectivity index (χ3n) is 7.77. The molecule has 7 nitrogen and oxygen atoms in total. The number of para-hydroxylation sites is 2. The molecule has 0 saturated carbocycles. The fraction of sp³-hybridized carbons (Fsp3) is 0.481. The van der Waals surface area contributed by atoms with Gasteiger partial charge in [0.2, 0.25) is 0 Å². The van der Waals surface area contributed by atoms with E-state index in [0.717, 1.165) is 24.2 Å². The molecule has 0 aliphatic carbocycles. The van der Waals surface area contributed by atoms with Crippen LogP contribution in [0.3, 0.4) is 0 Å². The van der Waals surface area contributed by atoms with Crippen LogP contribution in [0.1, 0.15) is 50.7 Å². The number of ether oxygens (including phenoxy) is 3. The van der Waals surface area contributed by atoms with Gasteiger partial charge in [0.15, 0.2) is 6.61 Å². The van der Waals surface area contributed by atoms with Gasteiger partial charge in [-0.15, -0.1) is 0 Å². The van der Waals surface area contributed by atoms with E-state index in [1.165, 1.54) is 0 Å². The maximum atomic E-state index is 13.3. The first kappa shape index (κ1) is 23.9. The van der Waals surface area contributed by atoms with Gasteiger partial charge in [0.25, 0.3) is 5.91 Å². The maximum absolute atomic E-state index is 13.3. The molecule has 3 aliphatic rings. The Morgan fingerprint density at radius 1 is 1.20 bits per heavy atom. The van der Waals surface area contributed by atoms with Gasteiger partial charge in [0.1, 0.15) is 17.1 Å². The number of benzene rings is 2. The van der Waals surface area contributed by atoms with E-state index in [1.54, 1.807) is 12.1 Å². The number of carbonyl (C=O) groups is 2. The molecule has 186 valence electrons. The van der Waals surface area contributed by atoms with E-state index in [9.17, 15) is 14.7 Å². The first-order valence-corrected chi connectivity index (χ1v) is 12.5. The zero-order valence-corrected chi connectivity index (χ0v) is 20.5. The molecule has 0 bridgehead atoms. The van der Waals surface area contributed by atoms with Crippen molar-refractivity contribution in [3.05, 3.63) is 59.1 Å². The van der Waals surface area contributed by atoms with Gasteiger partial charge in [-0.3, -0.25) is 9.59 Å². The zero-order valence-electron chi connectivity index (χ0n) is 19.7. The third-order valence-corrected chi connectivity index (χ3v) is 8.08. The number of nitrogens with zero attached hydrogens (tertiary/aromatic N) is 1. The molecule has 3 heterocycles. The van der Waals surface area contributed by atoms with E-state index >= 15 is 0 Å². The number of carboxylic acid groups (broad SMARTS) is 1. The van der Waals surface area contributed by atoms with Crippen molar-refractivity contribution in [2.24, 2.45) is 5.92 Å². The number of carboxylic acids is 1. The fourth-order valence-electron chi connectivity index (χ4n) is 5.98. The van der Waals surface area contributed by atoms with E-state index in [-0.39, 0.29) is 31.0 Å². The minimum absolute atomic E-state index is 0.00318. The van der Waals surface area contributed by atoms with Crippen molar-refractivity contribution < 1.29 is 28.9 Å². The van der Waals surface area contributed by atoms with Crippen LogP contribution in [0.5, 0.6) is 11.5 Å². The number of carbonyl (C=O) groups excluding carboxylic acids is 1. The van der Waals surface area contributed by atoms with Crippen LogP contribution in [0.4, 0.5) is 0 Å². The highest BCUT2D eigenvalue weighted by atomic mass is 35.5. The molecular formula is C27H30ClNO6. The van der Waals surface area contributed by atoms with E-state index in [1.807, 2.05) is 48.2 Å². The molecule has 2 aromatic carbocycles. The van der Waals surface area contributed by atoms with Crippen LogP contribution in [0.25, 0.3) is 0 Å². The number of rotatable bonds is 6. The lowest BCUT2D eigenvalue weighted by molar-refractivity contribution is -0.180. The second-order valence-corrected chi connectivity index (χ2v) is 10.4. The van der Waals surface area contributed by atoms with Crippen LogP contribution in [0.2, 0.25) is 5.02 Å². The summed E-state index contributed by atoms with van der Waals surface area (Å²) in [6.07, 6.45) is 2.54. The smallest absolute Gasteiger partial charge is 0.303 e. The molecule has 35 heavy (non-hydrogen) atoms. The molecule has 3 aliphatic heterocycles. The number of hydrogen-bond acceptors (Lipinski definition) is 5. The predicted octanol–water partition coefficient (Wildman–Crippen LogP) is 4.87. The second-order valence-electron chi connectivity index (χ2n) is 9.98. The summed E-state index contributed by atoms with van der Waals surface area (Å²) in [5, 5.41) is 9.84. The maximum Gasteiger partial charge on any atom is 0.303 e. The number of amides is 1. The van der Waals surface area contributed by atoms with Crippen LogP contribution in [0, 0.1) is 5.92 Å². The van der Waals surface area contributed by atoms with Crippen LogP contribution in [-0.2, 0) is 14.3 Å². The summed E-state index contributed by atoms with van der Waals surface area (Å²) in [6.45, 7) is 2.94. The molecule has 4 atom stereocenters. The van der Waals surface area contributed by atoms with Crippen molar-refractivity contribution >= 4 is 23.5 Å². The Kier molecular flexibility index (Phi) is 6.40. The fourth-order valence-corrected chi connectivity index (χ4v) is 6.17. The number of aliphatic carboxylic acids is 1. The minimum atomic E-state index is -0.855. The molecule has 8 heteroatoms. The number of halogens is 1. The van der Waals surface area contributed by atoms with E-state index in [4.69, 9.17) is 25.8 Å². The molecule has 2 aromatic rings. The Balaban J connectivity index is 1.39. The summed E-state index contributed by atoms with van der Waals surface area (Å²) in [7, 11) is 0. The molecule has 0 radical (unpaired) electrons. The van der Waals surface area contributed by atoms with Gasteiger partial charge < -0.3 is 24.2 Å². The van der Waals surface area contributed by atoms with Gasteiger partial charge in [-0.2, -0.15) is 0 Å². The second kappa shape index (κ2) is 9.36. The molecule has 1 N–H and O–H groups in total. The summed E-state index contributed by atoms with van der Waals surface area (Å²) in [5.74, 6) is 0.169. The summed E-state index contributed by atoms with van der Waals surface area (Å²) < 4.78 is 18.7. The Morgan fingerprint density at radius 3 is 2.77 bits per heavy atom. The van der Waals surface area contributed by atoms with Crippen LogP contribution < -0.4 is 9.47 Å². The molecule has 2 fully saturated rings. The van der Waals surface area contributed by atoms with Crippen molar-refractivity contribution in [3.8, 4) is 11.5 Å². The molecule has 5 rings (SSSR count). The molecule has 1 spiro atoms. The Bertz CT molecular complexity index is 1120. The number of likely N-dealkylation sites (tertiary alicyclic amines) is 1. The normalized spacial score (nSPS) is 29.3. The monoisotopic (exact) mass is 499 g/mol. The molecular weight excluding hydrogens is 470 g/mol. The largest absolute Gasteiger partial charge is 0.487 e. The topological polar surface area (TPSA) is 85.3 Å². The van der Waals surface area contributed by atoms with Gasteiger partial charge in [-0.05, 0) is 50.8 Å². The van der Waals surface area contributed by atoms with E-state index in [0.29, 0.717) is 36.8 Å². The van der Waals surface area contributed by atoms with Crippen LogP contribution in [0.15, 0.2) is 48.5 Å². The highest BCUT2D eigenvalue weighted by molar-refractivity contribution is 6.32. The quantitative estimate of drug-likeness (QED) is 0.610. The summed E-state index contributed by atoms with van der Waals surface area (Å²) in [4.78, 5) is 26.7. The highest BCUT2D eigenvalue weighted by Crippen LogP contribution is 2.55. The van der Waals surface area contributed by atoms with Crippen LogP contribution in [-0.4, -0.2) is 52.8 Å². The van der Waals surface area contributed by atoms with E-state index < -0.39 is 17.1 Å². The van der Waals surface area contributed by atoms with Gasteiger partial charge in [0.05, 0.1) is 23.3 Å². The van der Waals surface area contributed by atoms with Crippen molar-refractivity contribution in [2.75, 3.05) is 19.8 Å². The van der Waals surface area contributed by atoms with Crippen molar-refractivity contribution in [2.45, 2.75) is 56.3 Å². The summed E-state index contributed by atoms with van der Waals surface area (Å²) >= 11 is 6.18. The first-order chi connectivity index (χ1) is 16.8. The Morgan fingerprint density at radius 2 is 1.97 bits per heavy atom. The predicted molar refractivity (Wildman–Crippen MR) is 130 cm³/mol. The minimum Gasteiger partial charge on any atom is -0.487 e. The van der Waals surface area contributed by atoms with Gasteiger partial charge in [-0.1, -0.05) is 41.9 Å². The number of hydrogen-bond donors (Lipinski definition) is 1. The summed E-state index contributed by atoms with van der Waals surface area (Å²) in [5.41, 5.74) is -0.212. The van der Waals surface area contributed by atoms with Gasteiger partial charge in [0, 0.05) is 24.4 Å². The standard InChI is InChI=1S/C27H30ClNO6/c1-26(13-11-24(31)32)19-15-27(17-34-25(19)18-7-2-4-9-21(18)35-26)12-6-14-29(27)23(30)16-33-22-10-5-3-8-20(22)28/h2-5,7-10,19,25H,6,11-17H2,1H3,(H,31,32)/t19-,25+,26+,27+/m1/s1. The van der Waals surface area contributed by atoms with E-state index in [2.05, 4.69) is 0 Å². The first-order valence-electron chi connectivity index (χ1n) is 12.1. The molecule has 2 saturated heterocycles. The van der Waals surface area contributed by atoms with Crippen molar-refractivity contribution in [1.82, 2.24) is 4.90 Å². The van der Waals surface area contributed by atoms with Gasteiger partial charge in [-0.25, -0.2) is 0 Å². The lowest BCUT2D eigenvalue weighted by Gasteiger charge is -2.54.